The molecule has 0 aromatic carbocycles. The summed E-state index contributed by atoms with van der Waals surface area (Å²) in [6.45, 7) is 0. The monoisotopic (exact) mass is 215 g/mol. The fraction of sp³-hybridized carbons (Fsp3) is 0. The van der Waals surface area contributed by atoms with Gasteiger partial charge in [0.15, 0.2) is 0 Å². The molecule has 0 aromatic heterocycles. The van der Waals surface area contributed by atoms with Crippen LogP contribution in [0, 0.1) is 0 Å². The van der Waals surface area contributed by atoms with Gasteiger partial charge in [-0.15, -0.1) is 0 Å². The molecular formula is H4NaNbO4P. The van der Waals surface area contributed by atoms with Crippen molar-refractivity contribution < 1.29 is 72.6 Å². The molecule has 1 radical (unpaired) electrons. The van der Waals surface area contributed by atoms with Crippen LogP contribution in [-0.2, 0) is 26.9 Å². The summed E-state index contributed by atoms with van der Waals surface area (Å²) < 4.78 is 8.88. The van der Waals surface area contributed by atoms with Crippen LogP contribution in [0.5, 0.6) is 0 Å². The molecule has 3 N–H and O–H groups in total. The Kier molecular flexibility index (Phi) is 13.6. The summed E-state index contributed by atoms with van der Waals surface area (Å²) >= 11 is 0. The summed E-state index contributed by atoms with van der Waals surface area (Å²) in [6.07, 6.45) is 0. The van der Waals surface area contributed by atoms with Crippen LogP contribution in [0.2, 0.25) is 0 Å². The number of phosphoric acid groups is 1. The van der Waals surface area contributed by atoms with Crippen molar-refractivity contribution in [1.29, 1.82) is 0 Å². The molecule has 0 aliphatic heterocycles. The van der Waals surface area contributed by atoms with Gasteiger partial charge < -0.3 is 16.1 Å². The zero-order chi connectivity index (χ0) is 4.50. The molecule has 7 heteroatoms. The van der Waals surface area contributed by atoms with Gasteiger partial charge >= 0.3 is 37.4 Å². The van der Waals surface area contributed by atoms with E-state index in [9.17, 15) is 0 Å². The predicted octanol–water partition coefficient (Wildman–Crippen LogP) is -3.81. The van der Waals surface area contributed by atoms with Crippen molar-refractivity contribution in [2.24, 2.45) is 0 Å². The quantitative estimate of drug-likeness (QED) is 0.286. The molecule has 39 valence electrons. The molecule has 7 heavy (non-hydrogen) atoms. The molecule has 0 aliphatic carbocycles. The first-order chi connectivity index (χ1) is 2.00. The van der Waals surface area contributed by atoms with Gasteiger partial charge in [0.2, 0.25) is 0 Å². The van der Waals surface area contributed by atoms with Crippen molar-refractivity contribution in [2.75, 3.05) is 0 Å². The van der Waals surface area contributed by atoms with E-state index in [-0.39, 0.29) is 53.4 Å². The van der Waals surface area contributed by atoms with Gasteiger partial charge in [0, 0.05) is 22.4 Å². The number of hydrogen-bond donors (Lipinski definition) is 3. The van der Waals surface area contributed by atoms with Gasteiger partial charge in [0.25, 0.3) is 0 Å². The fourth-order valence-corrected chi connectivity index (χ4v) is 0. The third-order valence-electron chi connectivity index (χ3n) is 0. The summed E-state index contributed by atoms with van der Waals surface area (Å²) in [6, 6.07) is 0. The van der Waals surface area contributed by atoms with Crippen LogP contribution >= 0.6 is 7.82 Å². The first-order valence-corrected chi connectivity index (χ1v) is 2.35. The molecule has 0 bridgehead atoms. The molecule has 4 nitrogen and oxygen atoms in total. The van der Waals surface area contributed by atoms with Crippen molar-refractivity contribution in [3.63, 3.8) is 0 Å². The molecule has 0 unspecified atom stereocenters. The van der Waals surface area contributed by atoms with Gasteiger partial charge in [0.05, 0.1) is 0 Å². The zero-order valence-electron chi connectivity index (χ0n) is 4.64. The molecule has 0 spiro atoms. The van der Waals surface area contributed by atoms with Crippen molar-refractivity contribution in [3.8, 4) is 0 Å². The summed E-state index contributed by atoms with van der Waals surface area (Å²) in [4.78, 5) is 21.6. The average Bonchev–Trinajstić information content (AvgIpc) is 0.722. The Morgan fingerprint density at radius 1 is 1.29 bits per heavy atom. The summed E-state index contributed by atoms with van der Waals surface area (Å²) in [5.41, 5.74) is 0. The molecule has 0 amide bonds. The first kappa shape index (κ1) is 15.9. The van der Waals surface area contributed by atoms with E-state index in [4.69, 9.17) is 19.2 Å². The van der Waals surface area contributed by atoms with Crippen LogP contribution in [-0.4, -0.2) is 14.7 Å². The van der Waals surface area contributed by atoms with Gasteiger partial charge in [-0.2, -0.15) is 0 Å². The predicted molar refractivity (Wildman–Crippen MR) is 15.4 cm³/mol. The Morgan fingerprint density at radius 3 is 1.29 bits per heavy atom. The van der Waals surface area contributed by atoms with Crippen LogP contribution in [0.1, 0.15) is 1.43 Å². The molecule has 0 atom stereocenters. The van der Waals surface area contributed by atoms with Gasteiger partial charge in [-0.25, -0.2) is 4.57 Å². The minimum Gasteiger partial charge on any atom is -1.00 e. The Labute approximate surface area is 79.8 Å². The third kappa shape index (κ3) is 78.5. The maximum Gasteiger partial charge on any atom is 1.00 e. The minimum absolute atomic E-state index is 0. The van der Waals surface area contributed by atoms with E-state index in [0.717, 1.165) is 0 Å². The second-order valence-corrected chi connectivity index (χ2v) is 1.54. The van der Waals surface area contributed by atoms with Gasteiger partial charge in [-0.1, -0.05) is 0 Å². The smallest absolute Gasteiger partial charge is 1.00 e. The second kappa shape index (κ2) is 5.98. The molecule has 0 fully saturated rings. The zero-order valence-corrected chi connectivity index (χ0v) is 8.74. The third-order valence-corrected chi connectivity index (χ3v) is 0. The Morgan fingerprint density at radius 2 is 1.29 bits per heavy atom. The topological polar surface area (TPSA) is 77.8 Å². The molecule has 0 rings (SSSR count). The van der Waals surface area contributed by atoms with Crippen LogP contribution in [0.25, 0.3) is 0 Å². The molecular weight excluding hydrogens is 211 g/mol. The van der Waals surface area contributed by atoms with Crippen LogP contribution in [0.15, 0.2) is 0 Å². The second-order valence-electron chi connectivity index (χ2n) is 0.513. The Bertz CT molecular complexity index is 62.2. The van der Waals surface area contributed by atoms with E-state index in [1.54, 1.807) is 0 Å². The maximum absolute atomic E-state index is 8.88. The van der Waals surface area contributed by atoms with Crippen LogP contribution in [0.3, 0.4) is 0 Å². The molecule has 0 aromatic rings. The van der Waals surface area contributed by atoms with E-state index in [0.29, 0.717) is 0 Å². The minimum atomic E-state index is -4.64. The van der Waals surface area contributed by atoms with Gasteiger partial charge in [0.1, 0.15) is 0 Å². The molecule has 0 aliphatic rings. The molecule has 0 saturated heterocycles. The molecule has 0 saturated carbocycles. The summed E-state index contributed by atoms with van der Waals surface area (Å²) in [7, 11) is -4.64. The normalized spacial score (nSPS) is 8.43. The van der Waals surface area contributed by atoms with Gasteiger partial charge in [-0.05, 0) is 0 Å². The largest absolute Gasteiger partial charge is 1.00 e. The number of hydrogen-bond acceptors (Lipinski definition) is 1. The SMILES string of the molecule is O=P(O)(O)O.[H-].[Na+].[Nb]. The standard InChI is InChI=1S/Na.Nb.H3O4P.H/c;;1-5(2,3)4;/h;;(H3,1,2,3,4);/q+1;;;-1. The Balaban J connectivity index is -0.0000000267. The fourth-order valence-electron chi connectivity index (χ4n) is 0. The first-order valence-electron chi connectivity index (χ1n) is 0.783. The van der Waals surface area contributed by atoms with E-state index in [1.807, 2.05) is 0 Å². The maximum atomic E-state index is 8.88. The van der Waals surface area contributed by atoms with Crippen molar-refractivity contribution in [1.82, 2.24) is 0 Å². The van der Waals surface area contributed by atoms with Crippen LogP contribution in [0.4, 0.5) is 0 Å². The van der Waals surface area contributed by atoms with Crippen molar-refractivity contribution >= 4 is 7.82 Å². The van der Waals surface area contributed by atoms with Crippen LogP contribution < -0.4 is 29.6 Å². The van der Waals surface area contributed by atoms with Crippen molar-refractivity contribution in [2.45, 2.75) is 0 Å². The van der Waals surface area contributed by atoms with E-state index in [1.165, 1.54) is 0 Å². The summed E-state index contributed by atoms with van der Waals surface area (Å²) in [5.74, 6) is 0. The van der Waals surface area contributed by atoms with E-state index in [2.05, 4.69) is 0 Å². The number of rotatable bonds is 0. The average molecular weight is 215 g/mol. The van der Waals surface area contributed by atoms with Gasteiger partial charge in [-0.3, -0.25) is 0 Å². The van der Waals surface area contributed by atoms with E-state index < -0.39 is 7.82 Å². The Hall–Kier alpha value is 1.85. The van der Waals surface area contributed by atoms with E-state index >= 15 is 0 Å². The van der Waals surface area contributed by atoms with Crippen molar-refractivity contribution in [3.05, 3.63) is 0 Å². The molecule has 0 heterocycles. The summed E-state index contributed by atoms with van der Waals surface area (Å²) in [5, 5.41) is 0.